The quantitative estimate of drug-likeness (QED) is 0.771. The maximum absolute atomic E-state index is 11.9. The Morgan fingerprint density at radius 3 is 2.19 bits per heavy atom. The topological polar surface area (TPSA) is 23.1 Å². The van der Waals surface area contributed by atoms with E-state index in [2.05, 4.69) is 13.8 Å². The number of rotatable bonds is 3. The third-order valence-electron chi connectivity index (χ3n) is 1.82. The molecule has 0 saturated heterocycles. The molecule has 1 aromatic carbocycles. The van der Waals surface area contributed by atoms with Crippen molar-refractivity contribution < 1.29 is 5.11 Å². The van der Waals surface area contributed by atoms with Crippen LogP contribution in [0.2, 0.25) is 15.1 Å². The van der Waals surface area contributed by atoms with Crippen molar-refractivity contribution in [2.24, 2.45) is 5.92 Å². The van der Waals surface area contributed by atoms with Gasteiger partial charge in [0.1, 0.15) is 0 Å². The first-order chi connectivity index (χ1) is 7.41. The summed E-state index contributed by atoms with van der Waals surface area (Å²) >= 11 is 17.7. The summed E-state index contributed by atoms with van der Waals surface area (Å²) in [6.07, 6.45) is 0.800. The largest absolute Gasteiger partial charge is 0.823 e. The lowest BCUT2D eigenvalue weighted by Gasteiger charge is -2.16. The van der Waals surface area contributed by atoms with Crippen molar-refractivity contribution in [2.45, 2.75) is 13.8 Å². The van der Waals surface area contributed by atoms with E-state index < -0.39 is 0 Å². The van der Waals surface area contributed by atoms with Gasteiger partial charge in [-0.25, -0.2) is 0 Å². The van der Waals surface area contributed by atoms with Gasteiger partial charge >= 0.3 is 0 Å². The second-order valence-corrected chi connectivity index (χ2v) is 6.12. The molecule has 0 aliphatic rings. The standard InChI is InChI=1S/C11H12Cl3OP/c1-6(2)5-16-11(15)10-8(13)3-7(12)4-9(10)14/h3-4,6,15H,5H2,1-2H3/p-1. The van der Waals surface area contributed by atoms with E-state index in [0.29, 0.717) is 34.8 Å². The fourth-order valence-electron chi connectivity index (χ4n) is 1.09. The van der Waals surface area contributed by atoms with E-state index in [0.717, 1.165) is 6.16 Å². The highest BCUT2D eigenvalue weighted by molar-refractivity contribution is 7.40. The highest BCUT2D eigenvalue weighted by Gasteiger charge is 2.06. The zero-order chi connectivity index (χ0) is 12.3. The molecule has 0 atom stereocenters. The molecule has 0 N–H and O–H groups in total. The van der Waals surface area contributed by atoms with Crippen LogP contribution in [-0.2, 0) is 0 Å². The van der Waals surface area contributed by atoms with Crippen LogP contribution < -0.4 is 5.11 Å². The van der Waals surface area contributed by atoms with Gasteiger partial charge in [-0.05, 0) is 24.2 Å². The molecule has 0 bridgehead atoms. The van der Waals surface area contributed by atoms with Gasteiger partial charge in [-0.3, -0.25) is 0 Å². The summed E-state index contributed by atoms with van der Waals surface area (Å²) < 4.78 is 0. The van der Waals surface area contributed by atoms with Crippen molar-refractivity contribution in [3.8, 4) is 0 Å². The molecule has 0 saturated carbocycles. The average Bonchev–Trinajstić information content (AvgIpc) is 2.12. The molecule has 0 fully saturated rings. The molecule has 1 nitrogen and oxygen atoms in total. The van der Waals surface area contributed by atoms with E-state index in [9.17, 15) is 5.11 Å². The van der Waals surface area contributed by atoms with Gasteiger partial charge in [-0.15, -0.1) is 13.7 Å². The van der Waals surface area contributed by atoms with Crippen LogP contribution in [-0.4, -0.2) is 11.6 Å². The van der Waals surface area contributed by atoms with Crippen molar-refractivity contribution in [3.63, 3.8) is 0 Å². The van der Waals surface area contributed by atoms with Gasteiger partial charge in [0.2, 0.25) is 0 Å². The molecular formula is C11H11Cl3OP-. The van der Waals surface area contributed by atoms with Gasteiger partial charge in [0.05, 0.1) is 10.0 Å². The van der Waals surface area contributed by atoms with Crippen LogP contribution in [0.5, 0.6) is 0 Å². The summed E-state index contributed by atoms with van der Waals surface area (Å²) in [4.78, 5) is 0. The first-order valence-corrected chi connectivity index (χ1v) is 6.99. The Bertz CT molecular complexity index is 393. The molecule has 0 amide bonds. The summed E-state index contributed by atoms with van der Waals surface area (Å²) in [5.41, 5.74) is 0.315. The first-order valence-electron chi connectivity index (χ1n) is 4.78. The number of benzene rings is 1. The van der Waals surface area contributed by atoms with Crippen molar-refractivity contribution in [1.82, 2.24) is 0 Å². The zero-order valence-electron chi connectivity index (χ0n) is 8.93. The minimum absolute atomic E-state index is 0.0552. The molecule has 0 aliphatic heterocycles. The van der Waals surface area contributed by atoms with E-state index >= 15 is 0 Å². The van der Waals surface area contributed by atoms with Crippen LogP contribution in [0.15, 0.2) is 12.1 Å². The molecule has 0 spiro atoms. The molecule has 0 aromatic heterocycles. The molecule has 88 valence electrons. The van der Waals surface area contributed by atoms with Crippen LogP contribution in [0.3, 0.4) is 0 Å². The summed E-state index contributed by atoms with van der Waals surface area (Å²) in [6, 6.07) is 3.07. The monoisotopic (exact) mass is 295 g/mol. The van der Waals surface area contributed by atoms with E-state index in [1.807, 2.05) is 0 Å². The number of hydrogen-bond acceptors (Lipinski definition) is 1. The lowest BCUT2D eigenvalue weighted by atomic mass is 10.2. The van der Waals surface area contributed by atoms with Gasteiger partial charge in [0.15, 0.2) is 0 Å². The Kier molecular flexibility index (Phi) is 5.56. The van der Waals surface area contributed by atoms with E-state index in [1.165, 1.54) is 12.1 Å². The van der Waals surface area contributed by atoms with Gasteiger partial charge in [-0.2, -0.15) is 0 Å². The molecule has 16 heavy (non-hydrogen) atoms. The fourth-order valence-corrected chi connectivity index (χ4v) is 3.14. The normalized spacial score (nSPS) is 12.3. The molecule has 0 aliphatic carbocycles. The van der Waals surface area contributed by atoms with Crippen molar-refractivity contribution in [1.29, 1.82) is 0 Å². The SMILES string of the molecule is CC(C)CP=C([O-])c1c(Cl)cc(Cl)cc1Cl. The fraction of sp³-hybridized carbons (Fsp3) is 0.364. The summed E-state index contributed by atoms with van der Waals surface area (Å²) in [5, 5.41) is 13.0. The Hall–Kier alpha value is 0.220. The maximum Gasteiger partial charge on any atom is 0.0501 e. The molecule has 1 aromatic rings. The maximum atomic E-state index is 11.9. The number of halogens is 3. The van der Waals surface area contributed by atoms with Crippen molar-refractivity contribution in [3.05, 3.63) is 32.8 Å². The van der Waals surface area contributed by atoms with Gasteiger partial charge < -0.3 is 5.11 Å². The van der Waals surface area contributed by atoms with Crippen LogP contribution in [0, 0.1) is 5.92 Å². The van der Waals surface area contributed by atoms with E-state index in [-0.39, 0.29) is 5.48 Å². The van der Waals surface area contributed by atoms with Gasteiger partial charge in [0, 0.05) is 10.6 Å². The average molecular weight is 297 g/mol. The van der Waals surface area contributed by atoms with Crippen molar-refractivity contribution in [2.75, 3.05) is 6.16 Å². The number of hydrogen-bond donors (Lipinski definition) is 0. The third-order valence-corrected chi connectivity index (χ3v) is 4.06. The van der Waals surface area contributed by atoms with E-state index in [1.54, 1.807) is 0 Å². The Balaban J connectivity index is 3.08. The molecule has 5 heteroatoms. The molecule has 0 radical (unpaired) electrons. The minimum atomic E-state index is -0.0552. The molecule has 0 heterocycles. The lowest BCUT2D eigenvalue weighted by molar-refractivity contribution is -0.207. The Morgan fingerprint density at radius 2 is 1.75 bits per heavy atom. The summed E-state index contributed by atoms with van der Waals surface area (Å²) in [7, 11) is 0.712. The van der Waals surface area contributed by atoms with Gasteiger partial charge in [0.25, 0.3) is 0 Å². The first kappa shape index (κ1) is 14.3. The predicted molar refractivity (Wildman–Crippen MR) is 72.2 cm³/mol. The smallest absolute Gasteiger partial charge is 0.0501 e. The Labute approximate surface area is 112 Å². The highest BCUT2D eigenvalue weighted by Crippen LogP contribution is 2.30. The highest BCUT2D eigenvalue weighted by atomic mass is 35.5. The molecule has 0 unspecified atom stereocenters. The Morgan fingerprint density at radius 1 is 1.25 bits per heavy atom. The van der Waals surface area contributed by atoms with Gasteiger partial charge in [-0.1, -0.05) is 48.7 Å². The second-order valence-electron chi connectivity index (χ2n) is 3.78. The second kappa shape index (κ2) is 6.23. The minimum Gasteiger partial charge on any atom is -0.823 e. The van der Waals surface area contributed by atoms with Crippen LogP contribution in [0.4, 0.5) is 0 Å². The van der Waals surface area contributed by atoms with Crippen LogP contribution in [0.25, 0.3) is 0 Å². The lowest BCUT2D eigenvalue weighted by Crippen LogP contribution is -2.18. The molecule has 1 rings (SSSR count). The van der Waals surface area contributed by atoms with Crippen LogP contribution >= 0.6 is 43.0 Å². The zero-order valence-corrected chi connectivity index (χ0v) is 12.1. The van der Waals surface area contributed by atoms with Crippen molar-refractivity contribution >= 4 is 48.5 Å². The third kappa shape index (κ3) is 3.91. The predicted octanol–water partition coefficient (Wildman–Crippen LogP) is 4.09. The van der Waals surface area contributed by atoms with Crippen LogP contribution in [0.1, 0.15) is 19.4 Å². The summed E-state index contributed by atoms with van der Waals surface area (Å²) in [6.45, 7) is 4.12. The molecular weight excluding hydrogens is 285 g/mol. The van der Waals surface area contributed by atoms with E-state index in [4.69, 9.17) is 34.8 Å². The summed E-state index contributed by atoms with van der Waals surface area (Å²) in [5.74, 6) is 0.468.